The van der Waals surface area contributed by atoms with Crippen LogP contribution in [0.25, 0.3) is 53.9 Å². The van der Waals surface area contributed by atoms with E-state index in [9.17, 15) is 10.5 Å². The van der Waals surface area contributed by atoms with Crippen molar-refractivity contribution in [3.05, 3.63) is 96.1 Å². The first-order chi connectivity index (χ1) is 14.8. The Hall–Kier alpha value is -4.40. The maximum Gasteiger partial charge on any atom is 0.101 e. The van der Waals surface area contributed by atoms with Gasteiger partial charge in [0, 0.05) is 0 Å². The number of hydrogen-bond donors (Lipinski definition) is 0. The first kappa shape index (κ1) is 16.5. The minimum atomic E-state index is 0.416. The van der Waals surface area contributed by atoms with Gasteiger partial charge in [-0.15, -0.1) is 0 Å². The Morgan fingerprint density at radius 3 is 0.933 bits per heavy atom. The van der Waals surface area contributed by atoms with Crippen LogP contribution in [0.15, 0.2) is 84.9 Å². The van der Waals surface area contributed by atoms with Crippen LogP contribution in [0.5, 0.6) is 0 Å². The molecule has 0 aromatic heterocycles. The average molecular weight is 378 g/mol. The van der Waals surface area contributed by atoms with Gasteiger partial charge in [0.25, 0.3) is 0 Å². The number of hydrogen-bond acceptors (Lipinski definition) is 2. The van der Waals surface area contributed by atoms with Gasteiger partial charge in [0.1, 0.15) is 12.1 Å². The number of rotatable bonds is 0. The number of nitriles is 2. The molecule has 6 aromatic carbocycles. The van der Waals surface area contributed by atoms with Crippen molar-refractivity contribution < 1.29 is 0 Å². The quantitative estimate of drug-likeness (QED) is 0.207. The molecule has 0 heterocycles. The summed E-state index contributed by atoms with van der Waals surface area (Å²) >= 11 is 0. The van der Waals surface area contributed by atoms with Crippen molar-refractivity contribution in [3.8, 4) is 12.1 Å². The molecule has 0 saturated heterocycles. The highest BCUT2D eigenvalue weighted by Crippen LogP contribution is 2.39. The zero-order chi connectivity index (χ0) is 20.2. The maximum absolute atomic E-state index is 9.61. The molecule has 0 atom stereocenters. The average Bonchev–Trinajstić information content (AvgIpc) is 2.81. The standard InChI is InChI=1S/C28H14N2/c29-15-21-13-27-25-11-19-7-3-1-5-17(19)9-23(25)24-10-18-6-2-4-8-20(18)12-26(24)28(27)14-22(21)16-30/h1-14H. The molecule has 0 unspecified atom stereocenters. The van der Waals surface area contributed by atoms with Gasteiger partial charge in [0.05, 0.1) is 11.1 Å². The van der Waals surface area contributed by atoms with Gasteiger partial charge in [-0.3, -0.25) is 0 Å². The predicted molar refractivity (Wildman–Crippen MR) is 123 cm³/mol. The molecule has 6 rings (SSSR count). The molecule has 0 bridgehead atoms. The Bertz CT molecular complexity index is 1630. The molecular formula is C28H14N2. The van der Waals surface area contributed by atoms with Crippen LogP contribution in [0.4, 0.5) is 0 Å². The molecule has 0 radical (unpaired) electrons. The van der Waals surface area contributed by atoms with Crippen LogP contribution in [-0.2, 0) is 0 Å². The van der Waals surface area contributed by atoms with Gasteiger partial charge >= 0.3 is 0 Å². The summed E-state index contributed by atoms with van der Waals surface area (Å²) in [6.45, 7) is 0. The SMILES string of the molecule is N#Cc1cc2c(cc1C#N)c1cc3ccccc3cc1c1cc3ccccc3cc21. The van der Waals surface area contributed by atoms with Crippen molar-refractivity contribution >= 4 is 53.9 Å². The van der Waals surface area contributed by atoms with Crippen molar-refractivity contribution in [3.63, 3.8) is 0 Å². The van der Waals surface area contributed by atoms with Crippen molar-refractivity contribution in [1.82, 2.24) is 0 Å². The summed E-state index contributed by atoms with van der Waals surface area (Å²) in [5, 5.41) is 30.5. The largest absolute Gasteiger partial charge is 0.192 e. The third-order valence-electron chi connectivity index (χ3n) is 6.04. The first-order valence-electron chi connectivity index (χ1n) is 9.82. The van der Waals surface area contributed by atoms with Crippen LogP contribution in [0.1, 0.15) is 11.1 Å². The smallest absolute Gasteiger partial charge is 0.101 e. The molecule has 0 N–H and O–H groups in total. The third-order valence-corrected chi connectivity index (χ3v) is 6.04. The van der Waals surface area contributed by atoms with E-state index in [-0.39, 0.29) is 0 Å². The summed E-state index contributed by atoms with van der Waals surface area (Å²) in [5.41, 5.74) is 0.833. The molecule has 0 aliphatic rings. The van der Waals surface area contributed by atoms with Gasteiger partial charge in [-0.25, -0.2) is 0 Å². The van der Waals surface area contributed by atoms with E-state index in [2.05, 4.69) is 72.8 Å². The van der Waals surface area contributed by atoms with E-state index < -0.39 is 0 Å². The number of benzene rings is 6. The Morgan fingerprint density at radius 2 is 0.667 bits per heavy atom. The fourth-order valence-corrected chi connectivity index (χ4v) is 4.60. The summed E-state index contributed by atoms with van der Waals surface area (Å²) in [7, 11) is 0. The molecule has 0 spiro atoms. The van der Waals surface area contributed by atoms with E-state index >= 15 is 0 Å². The first-order valence-corrected chi connectivity index (χ1v) is 9.82. The van der Waals surface area contributed by atoms with Gasteiger partial charge in [-0.1, -0.05) is 48.5 Å². The molecule has 30 heavy (non-hydrogen) atoms. The molecule has 0 fully saturated rings. The van der Waals surface area contributed by atoms with Crippen LogP contribution in [-0.4, -0.2) is 0 Å². The molecule has 0 aliphatic heterocycles. The highest BCUT2D eigenvalue weighted by Gasteiger charge is 2.14. The fraction of sp³-hybridized carbons (Fsp3) is 0. The van der Waals surface area contributed by atoms with E-state index in [1.165, 1.54) is 10.8 Å². The number of nitrogens with zero attached hydrogens (tertiary/aromatic N) is 2. The van der Waals surface area contributed by atoms with E-state index in [0.717, 1.165) is 43.1 Å². The van der Waals surface area contributed by atoms with Gasteiger partial charge in [0.15, 0.2) is 0 Å². The minimum absolute atomic E-state index is 0.416. The van der Waals surface area contributed by atoms with Crippen LogP contribution in [0.3, 0.4) is 0 Å². The maximum atomic E-state index is 9.61. The molecule has 6 aromatic rings. The van der Waals surface area contributed by atoms with Gasteiger partial charge in [-0.2, -0.15) is 10.5 Å². The van der Waals surface area contributed by atoms with Gasteiger partial charge < -0.3 is 0 Å². The van der Waals surface area contributed by atoms with Gasteiger partial charge in [0.2, 0.25) is 0 Å². The third kappa shape index (κ3) is 2.23. The van der Waals surface area contributed by atoms with E-state index in [1.54, 1.807) is 0 Å². The Balaban J connectivity index is 1.96. The summed E-state index contributed by atoms with van der Waals surface area (Å²) < 4.78 is 0. The number of fused-ring (bicyclic) bond motifs is 8. The lowest BCUT2D eigenvalue weighted by atomic mass is 9.89. The lowest BCUT2D eigenvalue weighted by Gasteiger charge is -2.14. The van der Waals surface area contributed by atoms with Crippen molar-refractivity contribution in [1.29, 1.82) is 10.5 Å². The van der Waals surface area contributed by atoms with Crippen molar-refractivity contribution in [2.24, 2.45) is 0 Å². The Labute approximate surface area is 172 Å². The molecule has 0 saturated carbocycles. The highest BCUT2D eigenvalue weighted by atomic mass is 14.3. The predicted octanol–water partition coefficient (Wildman–Crippen LogP) is 7.20. The zero-order valence-electron chi connectivity index (χ0n) is 16.0. The second-order valence-corrected chi connectivity index (χ2v) is 7.66. The zero-order valence-corrected chi connectivity index (χ0v) is 16.0. The monoisotopic (exact) mass is 378 g/mol. The summed E-state index contributed by atoms with van der Waals surface area (Å²) in [4.78, 5) is 0. The molecule has 0 aliphatic carbocycles. The van der Waals surface area contributed by atoms with Crippen LogP contribution < -0.4 is 0 Å². The molecule has 136 valence electrons. The van der Waals surface area contributed by atoms with Crippen molar-refractivity contribution in [2.75, 3.05) is 0 Å². The Morgan fingerprint density at radius 1 is 0.400 bits per heavy atom. The fourth-order valence-electron chi connectivity index (χ4n) is 4.60. The van der Waals surface area contributed by atoms with Crippen LogP contribution in [0, 0.1) is 22.7 Å². The lowest BCUT2D eigenvalue weighted by Crippen LogP contribution is -1.89. The summed E-state index contributed by atoms with van der Waals surface area (Å²) in [6, 6.07) is 33.7. The van der Waals surface area contributed by atoms with E-state index in [1.807, 2.05) is 24.3 Å². The lowest BCUT2D eigenvalue weighted by molar-refractivity contribution is 1.45. The summed E-state index contributed by atoms with van der Waals surface area (Å²) in [5.74, 6) is 0. The van der Waals surface area contributed by atoms with E-state index in [0.29, 0.717) is 11.1 Å². The summed E-state index contributed by atoms with van der Waals surface area (Å²) in [6.07, 6.45) is 0. The molecule has 2 heteroatoms. The topological polar surface area (TPSA) is 47.6 Å². The molecule has 0 amide bonds. The molecular weight excluding hydrogens is 364 g/mol. The van der Waals surface area contributed by atoms with Crippen LogP contribution in [0.2, 0.25) is 0 Å². The second kappa shape index (κ2) is 6.05. The highest BCUT2D eigenvalue weighted by molar-refractivity contribution is 6.29. The van der Waals surface area contributed by atoms with Crippen LogP contribution >= 0.6 is 0 Å². The second-order valence-electron chi connectivity index (χ2n) is 7.66. The molecule has 2 nitrogen and oxygen atoms in total. The van der Waals surface area contributed by atoms with Gasteiger partial charge in [-0.05, 0) is 90.3 Å². The van der Waals surface area contributed by atoms with E-state index in [4.69, 9.17) is 0 Å². The Kier molecular flexibility index (Phi) is 3.33. The van der Waals surface area contributed by atoms with Crippen molar-refractivity contribution in [2.45, 2.75) is 0 Å². The normalized spacial score (nSPS) is 11.3. The minimum Gasteiger partial charge on any atom is -0.192 e.